The SMILES string of the molecule is CC/C(=C(\c1ccc(O)cc1)c1ccc(OC(C)C)cc1)c1ccccc1. The molecule has 0 heterocycles. The van der Waals surface area contributed by atoms with E-state index in [4.69, 9.17) is 4.74 Å². The molecule has 138 valence electrons. The summed E-state index contributed by atoms with van der Waals surface area (Å²) in [6, 6.07) is 26.2. The molecule has 0 unspecified atom stereocenters. The lowest BCUT2D eigenvalue weighted by molar-refractivity contribution is 0.242. The Hall–Kier alpha value is -3.00. The van der Waals surface area contributed by atoms with E-state index in [2.05, 4.69) is 43.3 Å². The molecule has 1 N–H and O–H groups in total. The van der Waals surface area contributed by atoms with Crippen LogP contribution < -0.4 is 4.74 Å². The van der Waals surface area contributed by atoms with Gasteiger partial charge >= 0.3 is 0 Å². The van der Waals surface area contributed by atoms with Crippen LogP contribution >= 0.6 is 0 Å². The zero-order valence-electron chi connectivity index (χ0n) is 16.1. The maximum Gasteiger partial charge on any atom is 0.119 e. The standard InChI is InChI=1S/C25H26O2/c1-4-24(19-8-6-5-7-9-19)25(20-10-14-22(26)15-11-20)21-12-16-23(17-13-21)27-18(2)3/h5-18,26H,4H2,1-3H3/b25-24-. The molecular weight excluding hydrogens is 332 g/mol. The zero-order valence-corrected chi connectivity index (χ0v) is 16.1. The van der Waals surface area contributed by atoms with Crippen LogP contribution in [-0.4, -0.2) is 11.2 Å². The largest absolute Gasteiger partial charge is 0.508 e. The van der Waals surface area contributed by atoms with E-state index < -0.39 is 0 Å². The van der Waals surface area contributed by atoms with E-state index in [0.717, 1.165) is 23.3 Å². The molecule has 0 radical (unpaired) electrons. The van der Waals surface area contributed by atoms with Crippen LogP contribution in [0.1, 0.15) is 43.9 Å². The van der Waals surface area contributed by atoms with Crippen molar-refractivity contribution in [2.45, 2.75) is 33.3 Å². The number of hydrogen-bond acceptors (Lipinski definition) is 2. The molecule has 0 spiro atoms. The molecule has 0 bridgehead atoms. The summed E-state index contributed by atoms with van der Waals surface area (Å²) in [5.74, 6) is 1.15. The molecule has 2 nitrogen and oxygen atoms in total. The summed E-state index contributed by atoms with van der Waals surface area (Å²) in [7, 11) is 0. The molecule has 0 saturated carbocycles. The van der Waals surface area contributed by atoms with Gasteiger partial charge in [-0.25, -0.2) is 0 Å². The van der Waals surface area contributed by atoms with Gasteiger partial charge in [-0.15, -0.1) is 0 Å². The van der Waals surface area contributed by atoms with Gasteiger partial charge in [0.15, 0.2) is 0 Å². The van der Waals surface area contributed by atoms with Gasteiger partial charge in [-0.2, -0.15) is 0 Å². The molecule has 3 rings (SSSR count). The van der Waals surface area contributed by atoms with Gasteiger partial charge in [-0.1, -0.05) is 61.5 Å². The molecule has 2 heteroatoms. The fraction of sp³-hybridized carbons (Fsp3) is 0.200. The molecule has 3 aromatic carbocycles. The Morgan fingerprint density at radius 3 is 1.85 bits per heavy atom. The Kier molecular flexibility index (Phi) is 5.97. The second-order valence-corrected chi connectivity index (χ2v) is 6.81. The molecule has 0 aromatic heterocycles. The van der Waals surface area contributed by atoms with Gasteiger partial charge in [0.25, 0.3) is 0 Å². The monoisotopic (exact) mass is 358 g/mol. The van der Waals surface area contributed by atoms with Crippen LogP contribution in [0.5, 0.6) is 11.5 Å². The average Bonchev–Trinajstić information content (AvgIpc) is 2.68. The molecule has 0 fully saturated rings. The third kappa shape index (κ3) is 4.59. The summed E-state index contributed by atoms with van der Waals surface area (Å²) in [5.41, 5.74) is 5.90. The van der Waals surface area contributed by atoms with E-state index >= 15 is 0 Å². The first-order valence-corrected chi connectivity index (χ1v) is 9.43. The topological polar surface area (TPSA) is 29.5 Å². The summed E-state index contributed by atoms with van der Waals surface area (Å²) >= 11 is 0. The highest BCUT2D eigenvalue weighted by Gasteiger charge is 2.13. The van der Waals surface area contributed by atoms with E-state index in [1.807, 2.05) is 44.2 Å². The van der Waals surface area contributed by atoms with Crippen LogP contribution in [0.15, 0.2) is 78.9 Å². The van der Waals surface area contributed by atoms with Crippen molar-refractivity contribution in [1.29, 1.82) is 0 Å². The van der Waals surface area contributed by atoms with Crippen molar-refractivity contribution in [3.8, 4) is 11.5 Å². The Morgan fingerprint density at radius 1 is 0.778 bits per heavy atom. The molecule has 0 aliphatic heterocycles. The highest BCUT2D eigenvalue weighted by molar-refractivity contribution is 5.98. The molecule has 0 atom stereocenters. The Labute approximate surface area is 161 Å². The van der Waals surface area contributed by atoms with Crippen LogP contribution in [0.25, 0.3) is 11.1 Å². The van der Waals surface area contributed by atoms with Crippen LogP contribution in [0.2, 0.25) is 0 Å². The number of phenolic OH excluding ortho intramolecular Hbond substituents is 1. The number of ether oxygens (including phenoxy) is 1. The number of hydrogen-bond donors (Lipinski definition) is 1. The summed E-state index contributed by atoms with van der Waals surface area (Å²) in [6.45, 7) is 6.24. The van der Waals surface area contributed by atoms with Gasteiger partial charge in [0, 0.05) is 0 Å². The lowest BCUT2D eigenvalue weighted by Gasteiger charge is -2.17. The van der Waals surface area contributed by atoms with E-state index in [0.29, 0.717) is 0 Å². The Balaban J connectivity index is 2.15. The van der Waals surface area contributed by atoms with E-state index in [1.165, 1.54) is 16.7 Å². The van der Waals surface area contributed by atoms with E-state index in [-0.39, 0.29) is 11.9 Å². The first-order chi connectivity index (χ1) is 13.1. The van der Waals surface area contributed by atoms with E-state index in [9.17, 15) is 5.11 Å². The van der Waals surface area contributed by atoms with Crippen LogP contribution in [0.3, 0.4) is 0 Å². The van der Waals surface area contributed by atoms with Gasteiger partial charge in [-0.05, 0) is 72.4 Å². The van der Waals surface area contributed by atoms with Crippen molar-refractivity contribution in [2.75, 3.05) is 0 Å². The summed E-state index contributed by atoms with van der Waals surface area (Å²) in [4.78, 5) is 0. The first kappa shape index (κ1) is 18.8. The van der Waals surface area contributed by atoms with Crippen LogP contribution in [0.4, 0.5) is 0 Å². The maximum atomic E-state index is 9.71. The fourth-order valence-electron chi connectivity index (χ4n) is 3.28. The summed E-state index contributed by atoms with van der Waals surface area (Å²) in [5, 5.41) is 9.71. The third-order valence-corrected chi connectivity index (χ3v) is 4.45. The number of allylic oxidation sites excluding steroid dienone is 1. The summed E-state index contributed by atoms with van der Waals surface area (Å²) < 4.78 is 5.79. The molecule has 0 amide bonds. The second-order valence-electron chi connectivity index (χ2n) is 6.81. The van der Waals surface area contributed by atoms with Crippen molar-refractivity contribution < 1.29 is 9.84 Å². The van der Waals surface area contributed by atoms with Crippen molar-refractivity contribution in [3.63, 3.8) is 0 Å². The lowest BCUT2D eigenvalue weighted by atomic mass is 9.88. The zero-order chi connectivity index (χ0) is 19.2. The summed E-state index contributed by atoms with van der Waals surface area (Å²) in [6.07, 6.45) is 1.06. The molecular formula is C25H26O2. The molecule has 27 heavy (non-hydrogen) atoms. The Bertz CT molecular complexity index is 889. The minimum Gasteiger partial charge on any atom is -0.508 e. The van der Waals surface area contributed by atoms with Crippen molar-refractivity contribution in [3.05, 3.63) is 95.6 Å². The van der Waals surface area contributed by atoms with Gasteiger partial charge in [-0.3, -0.25) is 0 Å². The highest BCUT2D eigenvalue weighted by Crippen LogP contribution is 2.35. The van der Waals surface area contributed by atoms with Gasteiger partial charge in [0.2, 0.25) is 0 Å². The van der Waals surface area contributed by atoms with Crippen molar-refractivity contribution in [1.82, 2.24) is 0 Å². The van der Waals surface area contributed by atoms with Gasteiger partial charge in [0.05, 0.1) is 6.10 Å². The van der Waals surface area contributed by atoms with Crippen LogP contribution in [-0.2, 0) is 0 Å². The normalized spacial score (nSPS) is 12.0. The van der Waals surface area contributed by atoms with Crippen molar-refractivity contribution >= 4 is 11.1 Å². The second kappa shape index (κ2) is 8.59. The first-order valence-electron chi connectivity index (χ1n) is 9.43. The average molecular weight is 358 g/mol. The molecule has 0 aliphatic carbocycles. The fourth-order valence-corrected chi connectivity index (χ4v) is 3.28. The quantitative estimate of drug-likeness (QED) is 0.506. The van der Waals surface area contributed by atoms with E-state index in [1.54, 1.807) is 12.1 Å². The predicted molar refractivity (Wildman–Crippen MR) is 113 cm³/mol. The number of benzene rings is 3. The minimum atomic E-state index is 0.151. The lowest BCUT2D eigenvalue weighted by Crippen LogP contribution is -2.05. The molecule has 3 aromatic rings. The highest BCUT2D eigenvalue weighted by atomic mass is 16.5. The third-order valence-electron chi connectivity index (χ3n) is 4.45. The van der Waals surface area contributed by atoms with Crippen molar-refractivity contribution in [2.24, 2.45) is 0 Å². The number of rotatable bonds is 6. The number of aromatic hydroxyl groups is 1. The smallest absolute Gasteiger partial charge is 0.119 e. The van der Waals surface area contributed by atoms with Crippen LogP contribution in [0, 0.1) is 0 Å². The number of phenols is 1. The van der Waals surface area contributed by atoms with Gasteiger partial charge < -0.3 is 9.84 Å². The molecule has 0 aliphatic rings. The molecule has 0 saturated heterocycles. The Morgan fingerprint density at radius 2 is 1.33 bits per heavy atom. The maximum absolute atomic E-state index is 9.71. The minimum absolute atomic E-state index is 0.151. The predicted octanol–water partition coefficient (Wildman–Crippen LogP) is 6.55. The van der Waals surface area contributed by atoms with Gasteiger partial charge in [0.1, 0.15) is 11.5 Å².